The van der Waals surface area contributed by atoms with Crippen molar-refractivity contribution in [3.63, 3.8) is 0 Å². The number of amides is 1. The lowest BCUT2D eigenvalue weighted by Gasteiger charge is -2.38. The van der Waals surface area contributed by atoms with Crippen LogP contribution in [0.3, 0.4) is 0 Å². The Labute approximate surface area is 291 Å². The first-order valence-electron chi connectivity index (χ1n) is 16.9. The molecule has 0 atom stereocenters. The highest BCUT2D eigenvalue weighted by Crippen LogP contribution is 2.31. The number of halogens is 6. The van der Waals surface area contributed by atoms with Gasteiger partial charge in [0.1, 0.15) is 6.54 Å². The number of para-hydroxylation sites is 1. The van der Waals surface area contributed by atoms with Gasteiger partial charge in [-0.3, -0.25) is 9.59 Å². The summed E-state index contributed by atoms with van der Waals surface area (Å²) >= 11 is 0. The number of aryl methyl sites for hydroxylation is 2. The summed E-state index contributed by atoms with van der Waals surface area (Å²) < 4.78 is 83.1. The van der Waals surface area contributed by atoms with Crippen LogP contribution >= 0.6 is 0 Å². The molecule has 1 aromatic heterocycles. The van der Waals surface area contributed by atoms with E-state index >= 15 is 0 Å². The highest BCUT2D eigenvalue weighted by Gasteiger charge is 2.31. The van der Waals surface area contributed by atoms with E-state index in [0.717, 1.165) is 61.8 Å². The van der Waals surface area contributed by atoms with Gasteiger partial charge in [0, 0.05) is 42.8 Å². The van der Waals surface area contributed by atoms with Gasteiger partial charge in [-0.2, -0.15) is 13.2 Å². The standard InChI is InChI=1S/C40H37F6N3O2/c1-2-47-21-19-31(20-22-47)49(24-26-7-9-27(10-8-26)28-11-15-30(16-12-28)40(44,45)46)37(51)25-48-32(23-36(50)33-5-3-4-6-35(33)48)17-13-29-14-18-34(41)39(43)38(29)42/h3-12,14-16,18,23,31H,2,13,17,19-22,24-25H2,1H3. The largest absolute Gasteiger partial charge is 0.416 e. The van der Waals surface area contributed by atoms with Crippen molar-refractivity contribution in [2.75, 3.05) is 19.6 Å². The minimum atomic E-state index is -4.42. The molecule has 0 spiro atoms. The van der Waals surface area contributed by atoms with Gasteiger partial charge in [0.2, 0.25) is 5.91 Å². The first kappa shape index (κ1) is 35.9. The number of nitrogens with zero attached hydrogens (tertiary/aromatic N) is 3. The number of rotatable bonds is 10. The van der Waals surface area contributed by atoms with E-state index in [4.69, 9.17) is 0 Å². The summed E-state index contributed by atoms with van der Waals surface area (Å²) in [6.45, 7) is 4.81. The molecule has 1 fully saturated rings. The maximum Gasteiger partial charge on any atom is 0.416 e. The van der Waals surface area contributed by atoms with E-state index < -0.39 is 29.2 Å². The Kier molecular flexibility index (Phi) is 10.7. The zero-order valence-electron chi connectivity index (χ0n) is 28.0. The maximum absolute atomic E-state index is 14.6. The Hall–Kier alpha value is -4.90. The Morgan fingerprint density at radius 3 is 2.12 bits per heavy atom. The number of pyridine rings is 1. The third-order valence-electron chi connectivity index (χ3n) is 9.78. The van der Waals surface area contributed by atoms with Crippen LogP contribution in [0.1, 0.15) is 42.1 Å². The van der Waals surface area contributed by atoms with Crippen LogP contribution in [-0.4, -0.2) is 46.0 Å². The first-order valence-corrected chi connectivity index (χ1v) is 16.9. The lowest BCUT2D eigenvalue weighted by atomic mass is 10.00. The molecule has 5 aromatic rings. The van der Waals surface area contributed by atoms with Crippen LogP contribution in [0.5, 0.6) is 0 Å². The SMILES string of the molecule is CCN1CCC(N(Cc2ccc(-c3ccc(C(F)(F)F)cc3)cc2)C(=O)Cn2c(CCc3ccc(F)c(F)c3F)cc(=O)c3ccccc32)CC1. The van der Waals surface area contributed by atoms with Crippen molar-refractivity contribution in [2.45, 2.75) is 57.9 Å². The van der Waals surface area contributed by atoms with E-state index in [1.807, 2.05) is 29.2 Å². The molecule has 1 saturated heterocycles. The second-order valence-corrected chi connectivity index (χ2v) is 12.9. The lowest BCUT2D eigenvalue weighted by molar-refractivity contribution is -0.137. The molecule has 0 bridgehead atoms. The molecule has 1 amide bonds. The number of carbonyl (C=O) groups excluding carboxylic acids is 1. The van der Waals surface area contributed by atoms with E-state index in [-0.39, 0.29) is 48.9 Å². The van der Waals surface area contributed by atoms with Crippen molar-refractivity contribution in [1.29, 1.82) is 0 Å². The van der Waals surface area contributed by atoms with E-state index in [2.05, 4.69) is 11.8 Å². The van der Waals surface area contributed by atoms with Gasteiger partial charge in [0.15, 0.2) is 22.9 Å². The van der Waals surface area contributed by atoms with Gasteiger partial charge in [0.25, 0.3) is 0 Å². The number of fused-ring (bicyclic) bond motifs is 1. The molecule has 1 aliphatic heterocycles. The molecular formula is C40H37F6N3O2. The Balaban J connectivity index is 1.29. The van der Waals surface area contributed by atoms with Crippen molar-refractivity contribution >= 4 is 16.8 Å². The van der Waals surface area contributed by atoms with Crippen molar-refractivity contribution < 1.29 is 31.1 Å². The number of hydrogen-bond donors (Lipinski definition) is 0. The Morgan fingerprint density at radius 1 is 0.824 bits per heavy atom. The van der Waals surface area contributed by atoms with Gasteiger partial charge in [-0.05, 0) is 84.8 Å². The molecule has 0 aliphatic carbocycles. The second-order valence-electron chi connectivity index (χ2n) is 12.9. The highest BCUT2D eigenvalue weighted by molar-refractivity contribution is 5.83. The number of benzene rings is 4. The molecule has 2 heterocycles. The maximum atomic E-state index is 14.6. The molecule has 4 aromatic carbocycles. The molecule has 6 rings (SSSR count). The van der Waals surface area contributed by atoms with E-state index in [9.17, 15) is 35.9 Å². The zero-order valence-corrected chi connectivity index (χ0v) is 28.0. The van der Waals surface area contributed by atoms with Gasteiger partial charge in [-0.1, -0.05) is 61.5 Å². The monoisotopic (exact) mass is 705 g/mol. The van der Waals surface area contributed by atoms with Gasteiger partial charge in [-0.25, -0.2) is 13.2 Å². The molecule has 51 heavy (non-hydrogen) atoms. The zero-order chi connectivity index (χ0) is 36.3. The normalized spacial score (nSPS) is 14.3. The fourth-order valence-corrected chi connectivity index (χ4v) is 6.84. The van der Waals surface area contributed by atoms with E-state index in [0.29, 0.717) is 22.2 Å². The number of aromatic nitrogens is 1. The summed E-state index contributed by atoms with van der Waals surface area (Å²) in [6, 6.07) is 22.6. The number of alkyl halides is 3. The fourth-order valence-electron chi connectivity index (χ4n) is 6.84. The molecule has 0 radical (unpaired) electrons. The van der Waals surface area contributed by atoms with Crippen molar-refractivity contribution in [1.82, 2.24) is 14.4 Å². The smallest absolute Gasteiger partial charge is 0.335 e. The van der Waals surface area contributed by atoms with Crippen LogP contribution < -0.4 is 5.43 Å². The average Bonchev–Trinajstić information content (AvgIpc) is 3.14. The van der Waals surface area contributed by atoms with Crippen LogP contribution in [0.15, 0.2) is 95.8 Å². The topological polar surface area (TPSA) is 45.5 Å². The first-order chi connectivity index (χ1) is 24.4. The molecule has 5 nitrogen and oxygen atoms in total. The molecule has 0 N–H and O–H groups in total. The molecule has 0 unspecified atom stereocenters. The molecular weight excluding hydrogens is 668 g/mol. The molecule has 266 valence electrons. The summed E-state index contributed by atoms with van der Waals surface area (Å²) in [6.07, 6.45) is -2.84. The van der Waals surface area contributed by atoms with Crippen molar-refractivity contribution in [3.05, 3.63) is 141 Å². The number of carbonyl (C=O) groups is 1. The minimum Gasteiger partial charge on any atom is -0.335 e. The van der Waals surface area contributed by atoms with Crippen LogP contribution in [0.4, 0.5) is 26.3 Å². The average molecular weight is 706 g/mol. The second kappa shape index (κ2) is 15.1. The fraction of sp³-hybridized carbons (Fsp3) is 0.300. The Bertz CT molecular complexity index is 2070. The summed E-state index contributed by atoms with van der Waals surface area (Å²) in [5, 5.41) is 0.412. The molecule has 0 saturated carbocycles. The minimum absolute atomic E-state index is 0.0283. The molecule has 1 aliphatic rings. The summed E-state index contributed by atoms with van der Waals surface area (Å²) in [4.78, 5) is 31.7. The van der Waals surface area contributed by atoms with Crippen LogP contribution in [0.2, 0.25) is 0 Å². The predicted molar refractivity (Wildman–Crippen MR) is 184 cm³/mol. The summed E-state index contributed by atoms with van der Waals surface area (Å²) in [7, 11) is 0. The van der Waals surface area contributed by atoms with Crippen molar-refractivity contribution in [3.8, 4) is 11.1 Å². The van der Waals surface area contributed by atoms with Gasteiger partial charge in [0.05, 0.1) is 11.1 Å². The van der Waals surface area contributed by atoms with Gasteiger partial charge < -0.3 is 14.4 Å². The predicted octanol–water partition coefficient (Wildman–Crippen LogP) is 8.40. The number of likely N-dealkylation sites (tertiary alicyclic amines) is 1. The number of hydrogen-bond acceptors (Lipinski definition) is 3. The third kappa shape index (κ3) is 8.04. The lowest BCUT2D eigenvalue weighted by Crippen LogP contribution is -2.48. The van der Waals surface area contributed by atoms with E-state index in [1.165, 1.54) is 24.3 Å². The van der Waals surface area contributed by atoms with Crippen LogP contribution in [0.25, 0.3) is 22.0 Å². The van der Waals surface area contributed by atoms with Gasteiger partial charge in [-0.15, -0.1) is 0 Å². The van der Waals surface area contributed by atoms with Crippen LogP contribution in [0, 0.1) is 17.5 Å². The van der Waals surface area contributed by atoms with E-state index in [1.54, 1.807) is 28.8 Å². The van der Waals surface area contributed by atoms with Gasteiger partial charge >= 0.3 is 6.18 Å². The third-order valence-corrected chi connectivity index (χ3v) is 9.78. The van der Waals surface area contributed by atoms with Crippen molar-refractivity contribution in [2.24, 2.45) is 0 Å². The molecule has 11 heteroatoms. The number of piperidine rings is 1. The Morgan fingerprint density at radius 2 is 1.47 bits per heavy atom. The van der Waals surface area contributed by atoms with Crippen LogP contribution in [-0.2, 0) is 36.9 Å². The summed E-state index contributed by atoms with van der Waals surface area (Å²) in [5.74, 6) is -4.32. The highest BCUT2D eigenvalue weighted by atomic mass is 19.4. The quantitative estimate of drug-likeness (QED) is 0.108. The summed E-state index contributed by atoms with van der Waals surface area (Å²) in [5.41, 5.74) is 2.16.